The lowest BCUT2D eigenvalue weighted by Crippen LogP contribution is -1.99. The lowest BCUT2D eigenvalue weighted by atomic mass is 10.3. The Hall–Kier alpha value is -1.40. The van der Waals surface area contributed by atoms with E-state index in [9.17, 15) is 4.79 Å². The molecule has 0 aliphatic carbocycles. The second-order valence-corrected chi connectivity index (χ2v) is 6.42. The molecule has 0 unspecified atom stereocenters. The zero-order valence-electron chi connectivity index (χ0n) is 10.7. The van der Waals surface area contributed by atoms with Gasteiger partial charge in [-0.05, 0) is 26.0 Å². The third kappa shape index (κ3) is 4.04. The van der Waals surface area contributed by atoms with Crippen molar-refractivity contribution in [2.24, 2.45) is 0 Å². The summed E-state index contributed by atoms with van der Waals surface area (Å²) in [5, 5.41) is 8.80. The highest BCUT2D eigenvalue weighted by Crippen LogP contribution is 2.29. The topological polar surface area (TPSA) is 63.1 Å². The Kier molecular flexibility index (Phi) is 4.55. The summed E-state index contributed by atoms with van der Waals surface area (Å²) in [5.41, 5.74) is 2.82. The molecule has 0 amide bonds. The summed E-state index contributed by atoms with van der Waals surface area (Å²) < 4.78 is 0.900. The number of aryl methyl sites for hydroxylation is 2. The van der Waals surface area contributed by atoms with Crippen LogP contribution in [0.4, 0.5) is 0 Å². The number of pyridine rings is 1. The van der Waals surface area contributed by atoms with E-state index in [1.807, 2.05) is 32.0 Å². The molecule has 0 radical (unpaired) electrons. The van der Waals surface area contributed by atoms with Gasteiger partial charge < -0.3 is 5.11 Å². The van der Waals surface area contributed by atoms with E-state index >= 15 is 0 Å². The van der Waals surface area contributed by atoms with Crippen molar-refractivity contribution in [3.8, 4) is 0 Å². The quantitative estimate of drug-likeness (QED) is 0.859. The molecule has 0 spiro atoms. The molecule has 19 heavy (non-hydrogen) atoms. The fraction of sp³-hybridized carbons (Fsp3) is 0.308. The van der Waals surface area contributed by atoms with Gasteiger partial charge in [0.15, 0.2) is 4.34 Å². The maximum atomic E-state index is 10.7. The van der Waals surface area contributed by atoms with E-state index in [2.05, 4.69) is 9.97 Å². The Bertz CT molecular complexity index is 596. The van der Waals surface area contributed by atoms with Gasteiger partial charge in [-0.25, -0.2) is 4.98 Å². The second kappa shape index (κ2) is 6.16. The average Bonchev–Trinajstić information content (AvgIpc) is 2.67. The monoisotopic (exact) mass is 294 g/mol. The summed E-state index contributed by atoms with van der Waals surface area (Å²) >= 11 is 3.05. The van der Waals surface area contributed by atoms with Gasteiger partial charge in [0.25, 0.3) is 0 Å². The van der Waals surface area contributed by atoms with E-state index in [-0.39, 0.29) is 6.42 Å². The standard InChI is InChI=1S/C13H14N2O2S2/c1-8-4-3-5-10(14-8)7-18-13-15-9(2)11(19-13)6-12(16)17/h3-5H,6-7H2,1-2H3,(H,16,17). The van der Waals surface area contributed by atoms with Crippen LogP contribution in [0.15, 0.2) is 22.5 Å². The number of carbonyl (C=O) groups is 1. The minimum atomic E-state index is -0.816. The van der Waals surface area contributed by atoms with Crippen molar-refractivity contribution in [3.05, 3.63) is 40.2 Å². The Morgan fingerprint density at radius 1 is 1.37 bits per heavy atom. The van der Waals surface area contributed by atoms with Crippen LogP contribution in [0.2, 0.25) is 0 Å². The van der Waals surface area contributed by atoms with Gasteiger partial charge in [0.2, 0.25) is 0 Å². The molecule has 2 aromatic heterocycles. The van der Waals surface area contributed by atoms with Crippen molar-refractivity contribution in [2.45, 2.75) is 30.4 Å². The number of nitrogens with zero attached hydrogens (tertiary/aromatic N) is 2. The Morgan fingerprint density at radius 3 is 2.84 bits per heavy atom. The number of aliphatic carboxylic acids is 1. The molecule has 6 heteroatoms. The van der Waals surface area contributed by atoms with E-state index in [1.54, 1.807) is 11.8 Å². The largest absolute Gasteiger partial charge is 0.481 e. The van der Waals surface area contributed by atoms with Crippen molar-refractivity contribution in [1.29, 1.82) is 0 Å². The van der Waals surface area contributed by atoms with Crippen molar-refractivity contribution >= 4 is 29.1 Å². The molecule has 2 aromatic rings. The molecule has 100 valence electrons. The van der Waals surface area contributed by atoms with E-state index < -0.39 is 5.97 Å². The molecular formula is C13H14N2O2S2. The minimum absolute atomic E-state index is 0.0484. The summed E-state index contributed by atoms with van der Waals surface area (Å²) in [6, 6.07) is 5.94. The van der Waals surface area contributed by atoms with Gasteiger partial charge in [0, 0.05) is 16.3 Å². The van der Waals surface area contributed by atoms with Gasteiger partial charge in [-0.3, -0.25) is 9.78 Å². The molecule has 0 bridgehead atoms. The molecule has 0 aromatic carbocycles. The lowest BCUT2D eigenvalue weighted by Gasteiger charge is -1.99. The summed E-state index contributed by atoms with van der Waals surface area (Å²) in [7, 11) is 0. The zero-order valence-corrected chi connectivity index (χ0v) is 12.3. The number of hydrogen-bond donors (Lipinski definition) is 1. The van der Waals surface area contributed by atoms with Crippen LogP contribution in [0.25, 0.3) is 0 Å². The predicted octanol–water partition coefficient (Wildman–Crippen LogP) is 3.07. The highest BCUT2D eigenvalue weighted by atomic mass is 32.2. The summed E-state index contributed by atoms with van der Waals surface area (Å²) in [6.45, 7) is 3.82. The van der Waals surface area contributed by atoms with Gasteiger partial charge in [-0.2, -0.15) is 0 Å². The predicted molar refractivity (Wildman–Crippen MR) is 76.7 cm³/mol. The van der Waals surface area contributed by atoms with Crippen LogP contribution in [0.5, 0.6) is 0 Å². The first-order chi connectivity index (χ1) is 9.04. The molecule has 0 atom stereocenters. The smallest absolute Gasteiger partial charge is 0.308 e. The van der Waals surface area contributed by atoms with Crippen LogP contribution in [0, 0.1) is 13.8 Å². The van der Waals surface area contributed by atoms with Gasteiger partial charge >= 0.3 is 5.97 Å². The number of carboxylic acids is 1. The SMILES string of the molecule is Cc1cccc(CSc2nc(C)c(CC(=O)O)s2)n1. The normalized spacial score (nSPS) is 10.6. The number of thioether (sulfide) groups is 1. The molecule has 0 aliphatic rings. The summed E-state index contributed by atoms with van der Waals surface area (Å²) in [5.74, 6) is -0.0649. The number of rotatable bonds is 5. The molecule has 4 nitrogen and oxygen atoms in total. The first-order valence-corrected chi connectivity index (χ1v) is 7.58. The Balaban J connectivity index is 2.02. The molecule has 0 saturated heterocycles. The Morgan fingerprint density at radius 2 is 2.16 bits per heavy atom. The molecular weight excluding hydrogens is 280 g/mol. The van der Waals surface area contributed by atoms with Crippen molar-refractivity contribution in [1.82, 2.24) is 9.97 Å². The minimum Gasteiger partial charge on any atom is -0.481 e. The maximum Gasteiger partial charge on any atom is 0.308 e. The van der Waals surface area contributed by atoms with Crippen molar-refractivity contribution in [3.63, 3.8) is 0 Å². The number of hydrogen-bond acceptors (Lipinski definition) is 5. The summed E-state index contributed by atoms with van der Waals surface area (Å²) in [4.78, 5) is 20.4. The van der Waals surface area contributed by atoms with Crippen LogP contribution in [0.1, 0.15) is 22.0 Å². The van der Waals surface area contributed by atoms with Crippen LogP contribution < -0.4 is 0 Å². The fourth-order valence-electron chi connectivity index (χ4n) is 1.58. The van der Waals surface area contributed by atoms with E-state index in [1.165, 1.54) is 11.3 Å². The van der Waals surface area contributed by atoms with Crippen molar-refractivity contribution in [2.75, 3.05) is 0 Å². The highest BCUT2D eigenvalue weighted by Gasteiger charge is 2.11. The number of thiazole rings is 1. The summed E-state index contributed by atoms with van der Waals surface area (Å²) in [6.07, 6.45) is 0.0484. The Labute approximate surface area is 119 Å². The maximum absolute atomic E-state index is 10.7. The third-order valence-corrected chi connectivity index (χ3v) is 4.81. The molecule has 0 saturated carbocycles. The van der Waals surface area contributed by atoms with Crippen molar-refractivity contribution < 1.29 is 9.90 Å². The number of aromatic nitrogens is 2. The number of carboxylic acid groups (broad SMARTS) is 1. The van der Waals surface area contributed by atoms with Crippen LogP contribution >= 0.6 is 23.1 Å². The van der Waals surface area contributed by atoms with Crippen LogP contribution in [-0.2, 0) is 17.0 Å². The van der Waals surface area contributed by atoms with Gasteiger partial charge in [-0.1, -0.05) is 17.8 Å². The van der Waals surface area contributed by atoms with E-state index in [0.29, 0.717) is 0 Å². The van der Waals surface area contributed by atoms with Gasteiger partial charge in [-0.15, -0.1) is 11.3 Å². The zero-order chi connectivity index (χ0) is 13.8. The van der Waals surface area contributed by atoms with E-state index in [0.717, 1.165) is 32.1 Å². The van der Waals surface area contributed by atoms with Crippen LogP contribution in [-0.4, -0.2) is 21.0 Å². The molecule has 2 rings (SSSR count). The first-order valence-electron chi connectivity index (χ1n) is 5.78. The molecule has 0 fully saturated rings. The lowest BCUT2D eigenvalue weighted by molar-refractivity contribution is -0.136. The van der Waals surface area contributed by atoms with Gasteiger partial charge in [0.05, 0.1) is 17.8 Å². The van der Waals surface area contributed by atoms with E-state index in [4.69, 9.17) is 5.11 Å². The third-order valence-electron chi connectivity index (χ3n) is 2.47. The second-order valence-electron chi connectivity index (χ2n) is 4.12. The van der Waals surface area contributed by atoms with Crippen LogP contribution in [0.3, 0.4) is 0 Å². The fourth-order valence-corrected chi connectivity index (χ4v) is 3.71. The average molecular weight is 294 g/mol. The van der Waals surface area contributed by atoms with Gasteiger partial charge in [0.1, 0.15) is 0 Å². The molecule has 2 heterocycles. The molecule has 1 N–H and O–H groups in total. The molecule has 0 aliphatic heterocycles. The highest BCUT2D eigenvalue weighted by molar-refractivity contribution is 8.00. The first kappa shape index (κ1) is 14.0.